The van der Waals surface area contributed by atoms with Crippen LogP contribution in [0.2, 0.25) is 0 Å². The molecular weight excluding hydrogens is 186 g/mol. The Hall–Kier alpha value is -1.02. The van der Waals surface area contributed by atoms with Gasteiger partial charge in [-0.1, -0.05) is 18.2 Å². The second-order valence-corrected chi connectivity index (χ2v) is 4.54. The van der Waals surface area contributed by atoms with Crippen LogP contribution < -0.4 is 0 Å². The van der Waals surface area contributed by atoms with E-state index in [0.717, 1.165) is 24.2 Å². The molecular formula is C13H19NO. The number of aryl methyl sites for hydroxylation is 1. The molecule has 1 aromatic rings. The fraction of sp³-hybridized carbons (Fsp3) is 0.538. The molecule has 82 valence electrons. The van der Waals surface area contributed by atoms with E-state index in [0.29, 0.717) is 11.8 Å². The molecule has 15 heavy (non-hydrogen) atoms. The molecule has 1 fully saturated rings. The lowest BCUT2D eigenvalue weighted by Gasteiger charge is -2.21. The topological polar surface area (TPSA) is 23.5 Å². The summed E-state index contributed by atoms with van der Waals surface area (Å²) in [6, 6.07) is 6.65. The molecule has 1 unspecified atom stereocenters. The lowest BCUT2D eigenvalue weighted by Crippen LogP contribution is -2.26. The molecule has 2 heteroatoms. The third-order valence-corrected chi connectivity index (χ3v) is 3.39. The summed E-state index contributed by atoms with van der Waals surface area (Å²) in [5.74, 6) is 0.469. The predicted molar refractivity (Wildman–Crippen MR) is 61.9 cm³/mol. The first-order valence-corrected chi connectivity index (χ1v) is 5.70. The highest BCUT2D eigenvalue weighted by molar-refractivity contribution is 5.39. The second kappa shape index (κ2) is 4.23. The number of aromatic hydroxyl groups is 1. The summed E-state index contributed by atoms with van der Waals surface area (Å²) in [4.78, 5) is 2.44. The number of phenolic OH excluding ortho intramolecular Hbond substituents is 1. The van der Waals surface area contributed by atoms with Gasteiger partial charge in [-0.2, -0.15) is 0 Å². The van der Waals surface area contributed by atoms with Gasteiger partial charge in [0.05, 0.1) is 0 Å². The van der Waals surface area contributed by atoms with Crippen molar-refractivity contribution in [2.75, 3.05) is 6.54 Å². The van der Waals surface area contributed by atoms with Crippen molar-refractivity contribution in [1.29, 1.82) is 0 Å². The van der Waals surface area contributed by atoms with Gasteiger partial charge in [0.1, 0.15) is 5.75 Å². The van der Waals surface area contributed by atoms with Crippen LogP contribution in [0.4, 0.5) is 0 Å². The number of rotatable bonds is 2. The monoisotopic (exact) mass is 205 g/mol. The van der Waals surface area contributed by atoms with Gasteiger partial charge in [0.2, 0.25) is 0 Å². The van der Waals surface area contributed by atoms with Crippen LogP contribution in [0.5, 0.6) is 5.75 Å². The van der Waals surface area contributed by atoms with Gasteiger partial charge in [0.15, 0.2) is 0 Å². The number of para-hydroxylation sites is 1. The lowest BCUT2D eigenvalue weighted by atomic mass is 10.1. The van der Waals surface area contributed by atoms with E-state index in [9.17, 15) is 5.11 Å². The van der Waals surface area contributed by atoms with Crippen molar-refractivity contribution in [3.63, 3.8) is 0 Å². The van der Waals surface area contributed by atoms with Crippen LogP contribution >= 0.6 is 0 Å². The molecule has 1 saturated heterocycles. The standard InChI is InChI=1S/C13H19NO/c1-10-5-3-7-12(13(10)15)9-14-8-4-6-11(14)2/h3,5,7,11,15H,4,6,8-9H2,1-2H3. The molecule has 0 saturated carbocycles. The van der Waals surface area contributed by atoms with Crippen LogP contribution in [0.15, 0.2) is 18.2 Å². The zero-order valence-corrected chi connectivity index (χ0v) is 9.53. The van der Waals surface area contributed by atoms with Gasteiger partial charge in [-0.3, -0.25) is 4.90 Å². The van der Waals surface area contributed by atoms with E-state index in [1.54, 1.807) is 0 Å². The van der Waals surface area contributed by atoms with Crippen molar-refractivity contribution in [3.05, 3.63) is 29.3 Å². The molecule has 1 aliphatic rings. The quantitative estimate of drug-likeness (QED) is 0.802. The highest BCUT2D eigenvalue weighted by Crippen LogP contribution is 2.26. The summed E-state index contributed by atoms with van der Waals surface area (Å²) in [6.45, 7) is 6.26. The molecule has 0 bridgehead atoms. The minimum atomic E-state index is 0.469. The maximum absolute atomic E-state index is 9.92. The summed E-state index contributed by atoms with van der Waals surface area (Å²) in [7, 11) is 0. The maximum atomic E-state index is 9.92. The molecule has 1 heterocycles. The van der Waals surface area contributed by atoms with Gasteiger partial charge in [0, 0.05) is 18.2 Å². The van der Waals surface area contributed by atoms with E-state index < -0.39 is 0 Å². The van der Waals surface area contributed by atoms with Gasteiger partial charge < -0.3 is 5.11 Å². The minimum absolute atomic E-state index is 0.469. The van der Waals surface area contributed by atoms with E-state index in [1.807, 2.05) is 25.1 Å². The van der Waals surface area contributed by atoms with Gasteiger partial charge in [-0.05, 0) is 38.8 Å². The van der Waals surface area contributed by atoms with Crippen molar-refractivity contribution < 1.29 is 5.11 Å². The molecule has 0 aliphatic carbocycles. The van der Waals surface area contributed by atoms with Gasteiger partial charge in [-0.25, -0.2) is 0 Å². The largest absolute Gasteiger partial charge is 0.507 e. The highest BCUT2D eigenvalue weighted by Gasteiger charge is 2.21. The first-order chi connectivity index (χ1) is 7.18. The van der Waals surface area contributed by atoms with E-state index >= 15 is 0 Å². The molecule has 0 radical (unpaired) electrons. The second-order valence-electron chi connectivity index (χ2n) is 4.54. The molecule has 1 N–H and O–H groups in total. The van der Waals surface area contributed by atoms with Crippen molar-refractivity contribution in [2.24, 2.45) is 0 Å². The van der Waals surface area contributed by atoms with Crippen LogP contribution in [0.25, 0.3) is 0 Å². The SMILES string of the molecule is Cc1cccc(CN2CCCC2C)c1O. The Morgan fingerprint density at radius 1 is 1.47 bits per heavy atom. The molecule has 2 rings (SSSR count). The lowest BCUT2D eigenvalue weighted by molar-refractivity contribution is 0.256. The maximum Gasteiger partial charge on any atom is 0.122 e. The number of benzene rings is 1. The Labute approximate surface area is 91.5 Å². The van der Waals surface area contributed by atoms with E-state index in [-0.39, 0.29) is 0 Å². The average Bonchev–Trinajstić information content (AvgIpc) is 2.60. The van der Waals surface area contributed by atoms with Gasteiger partial charge >= 0.3 is 0 Å². The highest BCUT2D eigenvalue weighted by atomic mass is 16.3. The van der Waals surface area contributed by atoms with Gasteiger partial charge in [-0.15, -0.1) is 0 Å². The van der Waals surface area contributed by atoms with Crippen molar-refractivity contribution in [1.82, 2.24) is 4.90 Å². The third-order valence-electron chi connectivity index (χ3n) is 3.39. The Morgan fingerprint density at radius 3 is 2.93 bits per heavy atom. The molecule has 1 aliphatic heterocycles. The van der Waals surface area contributed by atoms with Crippen LogP contribution in [0.1, 0.15) is 30.9 Å². The number of nitrogens with zero attached hydrogens (tertiary/aromatic N) is 1. The van der Waals surface area contributed by atoms with Crippen molar-refractivity contribution >= 4 is 0 Å². The predicted octanol–water partition coefficient (Wildman–Crippen LogP) is 2.68. The minimum Gasteiger partial charge on any atom is -0.507 e. The molecule has 0 amide bonds. The summed E-state index contributed by atoms with van der Waals surface area (Å²) in [5.41, 5.74) is 2.03. The summed E-state index contributed by atoms with van der Waals surface area (Å²) < 4.78 is 0. The number of hydrogen-bond donors (Lipinski definition) is 1. The third kappa shape index (κ3) is 2.15. The van der Waals surface area contributed by atoms with E-state index in [4.69, 9.17) is 0 Å². The number of phenols is 1. The summed E-state index contributed by atoms with van der Waals surface area (Å²) in [5, 5.41) is 9.92. The molecule has 0 aromatic heterocycles. The summed E-state index contributed by atoms with van der Waals surface area (Å²) in [6.07, 6.45) is 2.57. The Bertz CT molecular complexity index is 348. The fourth-order valence-corrected chi connectivity index (χ4v) is 2.29. The van der Waals surface area contributed by atoms with Crippen LogP contribution in [-0.4, -0.2) is 22.6 Å². The summed E-state index contributed by atoms with van der Waals surface area (Å²) >= 11 is 0. The Balaban J connectivity index is 2.13. The molecule has 2 nitrogen and oxygen atoms in total. The molecule has 0 spiro atoms. The zero-order chi connectivity index (χ0) is 10.8. The van der Waals surface area contributed by atoms with Crippen LogP contribution in [0, 0.1) is 6.92 Å². The van der Waals surface area contributed by atoms with Gasteiger partial charge in [0.25, 0.3) is 0 Å². The number of likely N-dealkylation sites (tertiary alicyclic amines) is 1. The smallest absolute Gasteiger partial charge is 0.122 e. The first-order valence-electron chi connectivity index (χ1n) is 5.70. The molecule has 1 atom stereocenters. The van der Waals surface area contributed by atoms with Crippen LogP contribution in [0.3, 0.4) is 0 Å². The fourth-order valence-electron chi connectivity index (χ4n) is 2.29. The Kier molecular flexibility index (Phi) is 2.96. The van der Waals surface area contributed by atoms with Crippen molar-refractivity contribution in [2.45, 2.75) is 39.3 Å². The Morgan fingerprint density at radius 2 is 2.27 bits per heavy atom. The van der Waals surface area contributed by atoms with Crippen molar-refractivity contribution in [3.8, 4) is 5.75 Å². The van der Waals surface area contributed by atoms with E-state index in [2.05, 4.69) is 11.8 Å². The van der Waals surface area contributed by atoms with E-state index in [1.165, 1.54) is 12.8 Å². The first kappa shape index (κ1) is 10.5. The normalized spacial score (nSPS) is 22.1. The number of hydrogen-bond acceptors (Lipinski definition) is 2. The average molecular weight is 205 g/mol. The van der Waals surface area contributed by atoms with Crippen LogP contribution in [-0.2, 0) is 6.54 Å². The molecule has 1 aromatic carbocycles. The zero-order valence-electron chi connectivity index (χ0n) is 9.53.